The summed E-state index contributed by atoms with van der Waals surface area (Å²) in [6, 6.07) is 23.1. The highest BCUT2D eigenvalue weighted by atomic mass is 14.7. The van der Waals surface area contributed by atoms with Gasteiger partial charge in [0.25, 0.3) is 0 Å². The molecule has 1 heterocycles. The molecule has 0 fully saturated rings. The maximum atomic E-state index is 4.41. The lowest BCUT2D eigenvalue weighted by molar-refractivity contribution is 1.28. The molecule has 1 aromatic heterocycles. The van der Waals surface area contributed by atoms with Crippen molar-refractivity contribution in [2.24, 2.45) is 0 Å². The van der Waals surface area contributed by atoms with Gasteiger partial charge in [-0.2, -0.15) is 0 Å². The van der Waals surface area contributed by atoms with Crippen molar-refractivity contribution in [3.63, 3.8) is 0 Å². The normalized spacial score (nSPS) is 10.3. The summed E-state index contributed by atoms with van der Waals surface area (Å²) in [7, 11) is 0. The quantitative estimate of drug-likeness (QED) is 0.598. The van der Waals surface area contributed by atoms with Gasteiger partial charge in [0.05, 0.1) is 5.69 Å². The number of nitrogens with zero attached hydrogens (tertiary/aromatic N) is 1. The van der Waals surface area contributed by atoms with Crippen molar-refractivity contribution in [2.75, 3.05) is 0 Å². The predicted octanol–water partition coefficient (Wildman–Crippen LogP) is 5.14. The summed E-state index contributed by atoms with van der Waals surface area (Å²) in [4.78, 5) is 4.41. The molecule has 102 valence electrons. The summed E-state index contributed by atoms with van der Waals surface area (Å²) in [5, 5.41) is 0. The Labute approximate surface area is 125 Å². The van der Waals surface area contributed by atoms with E-state index >= 15 is 0 Å². The fourth-order valence-corrected chi connectivity index (χ4v) is 2.39. The lowest BCUT2D eigenvalue weighted by Crippen LogP contribution is -1.85. The molecule has 0 unspecified atom stereocenters. The van der Waals surface area contributed by atoms with Crippen LogP contribution in [-0.4, -0.2) is 4.98 Å². The van der Waals surface area contributed by atoms with Gasteiger partial charge in [-0.25, -0.2) is 0 Å². The Bertz CT molecular complexity index is 727. The maximum Gasteiger partial charge on any atom is 0.0702 e. The van der Waals surface area contributed by atoms with Crippen molar-refractivity contribution >= 4 is 0 Å². The molecule has 3 rings (SSSR count). The number of hydrogen-bond acceptors (Lipinski definition) is 1. The molecule has 0 atom stereocenters. The highest BCUT2D eigenvalue weighted by Gasteiger charge is 2.02. The van der Waals surface area contributed by atoms with Gasteiger partial charge >= 0.3 is 0 Å². The molecule has 0 N–H and O–H groups in total. The zero-order valence-electron chi connectivity index (χ0n) is 11.9. The largest absolute Gasteiger partial charge is 0.256 e. The first-order valence-corrected chi connectivity index (χ1v) is 7.08. The van der Waals surface area contributed by atoms with E-state index in [4.69, 9.17) is 0 Å². The highest BCUT2D eigenvalue weighted by molar-refractivity contribution is 5.71. The Morgan fingerprint density at radius 1 is 0.810 bits per heavy atom. The zero-order valence-corrected chi connectivity index (χ0v) is 11.9. The molecule has 0 saturated heterocycles. The average molecular weight is 271 g/mol. The van der Waals surface area contributed by atoms with Gasteiger partial charge < -0.3 is 0 Å². The van der Waals surface area contributed by atoms with Crippen molar-refractivity contribution in [1.29, 1.82) is 0 Å². The van der Waals surface area contributed by atoms with E-state index < -0.39 is 0 Å². The smallest absolute Gasteiger partial charge is 0.0702 e. The second kappa shape index (κ2) is 6.19. The summed E-state index contributed by atoms with van der Waals surface area (Å²) in [5.74, 6) is 0. The molecule has 0 saturated carbocycles. The van der Waals surface area contributed by atoms with Crippen LogP contribution >= 0.6 is 0 Å². The van der Waals surface area contributed by atoms with E-state index in [1.807, 2.05) is 30.5 Å². The van der Waals surface area contributed by atoms with Crippen LogP contribution in [0.25, 0.3) is 22.4 Å². The van der Waals surface area contributed by atoms with E-state index in [9.17, 15) is 0 Å². The standard InChI is InChI=1S/C20H17N/c1-2-6-16-10-12-17(13-11-16)18-7-5-8-19(15-18)20-9-3-4-14-21-20/h2-5,7-15H,1,6H2. The molecule has 3 aromatic rings. The van der Waals surface area contributed by atoms with Crippen molar-refractivity contribution < 1.29 is 0 Å². The fraction of sp³-hybridized carbons (Fsp3) is 0.0500. The predicted molar refractivity (Wildman–Crippen MR) is 89.0 cm³/mol. The average Bonchev–Trinajstić information content (AvgIpc) is 2.57. The monoisotopic (exact) mass is 271 g/mol. The molecular weight excluding hydrogens is 254 g/mol. The molecule has 2 aromatic carbocycles. The second-order valence-corrected chi connectivity index (χ2v) is 4.99. The Morgan fingerprint density at radius 2 is 1.62 bits per heavy atom. The van der Waals surface area contributed by atoms with Crippen molar-refractivity contribution in [3.8, 4) is 22.4 Å². The topological polar surface area (TPSA) is 12.9 Å². The zero-order chi connectivity index (χ0) is 14.5. The molecule has 21 heavy (non-hydrogen) atoms. The van der Waals surface area contributed by atoms with Crippen LogP contribution in [0, 0.1) is 0 Å². The molecule has 0 amide bonds. The van der Waals surface area contributed by atoms with Gasteiger partial charge in [0.15, 0.2) is 0 Å². The van der Waals surface area contributed by atoms with Crippen LogP contribution in [0.3, 0.4) is 0 Å². The molecule has 0 aliphatic rings. The van der Waals surface area contributed by atoms with Crippen LogP contribution in [0.4, 0.5) is 0 Å². The van der Waals surface area contributed by atoms with Crippen LogP contribution < -0.4 is 0 Å². The van der Waals surface area contributed by atoms with Crippen LogP contribution in [0.2, 0.25) is 0 Å². The van der Waals surface area contributed by atoms with E-state index in [0.717, 1.165) is 17.7 Å². The summed E-state index contributed by atoms with van der Waals surface area (Å²) >= 11 is 0. The summed E-state index contributed by atoms with van der Waals surface area (Å²) in [5.41, 5.74) is 5.87. The van der Waals surface area contributed by atoms with Crippen molar-refractivity contribution in [3.05, 3.63) is 91.1 Å². The summed E-state index contributed by atoms with van der Waals surface area (Å²) < 4.78 is 0. The van der Waals surface area contributed by atoms with Gasteiger partial charge in [0, 0.05) is 11.8 Å². The van der Waals surface area contributed by atoms with Crippen LogP contribution in [0.1, 0.15) is 5.56 Å². The third kappa shape index (κ3) is 3.09. The number of hydrogen-bond donors (Lipinski definition) is 0. The molecule has 0 radical (unpaired) electrons. The Balaban J connectivity index is 1.94. The van der Waals surface area contributed by atoms with E-state index in [2.05, 4.69) is 60.1 Å². The summed E-state index contributed by atoms with van der Waals surface area (Å²) in [6.45, 7) is 3.77. The van der Waals surface area contributed by atoms with E-state index in [0.29, 0.717) is 0 Å². The Kier molecular flexibility index (Phi) is 3.92. The first kappa shape index (κ1) is 13.3. The maximum absolute atomic E-state index is 4.41. The third-order valence-electron chi connectivity index (χ3n) is 3.49. The van der Waals surface area contributed by atoms with E-state index in [-0.39, 0.29) is 0 Å². The number of allylic oxidation sites excluding steroid dienone is 1. The highest BCUT2D eigenvalue weighted by Crippen LogP contribution is 2.25. The fourth-order valence-electron chi connectivity index (χ4n) is 2.39. The van der Waals surface area contributed by atoms with E-state index in [1.54, 1.807) is 0 Å². The first-order chi connectivity index (χ1) is 10.4. The lowest BCUT2D eigenvalue weighted by Gasteiger charge is -2.06. The molecule has 1 nitrogen and oxygen atoms in total. The minimum Gasteiger partial charge on any atom is -0.256 e. The van der Waals surface area contributed by atoms with Gasteiger partial charge in [0.2, 0.25) is 0 Å². The molecule has 0 aliphatic heterocycles. The lowest BCUT2D eigenvalue weighted by atomic mass is 10.00. The minimum atomic E-state index is 0.911. The summed E-state index contributed by atoms with van der Waals surface area (Å²) in [6.07, 6.45) is 4.66. The molecule has 0 spiro atoms. The Hall–Kier alpha value is -2.67. The van der Waals surface area contributed by atoms with Crippen LogP contribution in [0.15, 0.2) is 85.6 Å². The molecule has 0 aliphatic carbocycles. The molecule has 1 heteroatoms. The second-order valence-electron chi connectivity index (χ2n) is 4.99. The van der Waals surface area contributed by atoms with Gasteiger partial charge in [-0.15, -0.1) is 6.58 Å². The first-order valence-electron chi connectivity index (χ1n) is 7.08. The molecule has 0 bridgehead atoms. The number of aromatic nitrogens is 1. The third-order valence-corrected chi connectivity index (χ3v) is 3.49. The Morgan fingerprint density at radius 3 is 2.33 bits per heavy atom. The van der Waals surface area contributed by atoms with Crippen LogP contribution in [0.5, 0.6) is 0 Å². The number of rotatable bonds is 4. The van der Waals surface area contributed by atoms with E-state index in [1.165, 1.54) is 16.7 Å². The van der Waals surface area contributed by atoms with Crippen molar-refractivity contribution in [1.82, 2.24) is 4.98 Å². The van der Waals surface area contributed by atoms with Gasteiger partial charge in [0.1, 0.15) is 0 Å². The molecular formula is C20H17N. The van der Waals surface area contributed by atoms with Gasteiger partial charge in [-0.3, -0.25) is 4.98 Å². The minimum absolute atomic E-state index is 0.911. The number of pyridine rings is 1. The number of benzene rings is 2. The van der Waals surface area contributed by atoms with Crippen molar-refractivity contribution in [2.45, 2.75) is 6.42 Å². The van der Waals surface area contributed by atoms with Gasteiger partial charge in [-0.05, 0) is 41.3 Å². The van der Waals surface area contributed by atoms with Gasteiger partial charge in [-0.1, -0.05) is 54.6 Å². The SMILES string of the molecule is C=CCc1ccc(-c2cccc(-c3ccccn3)c2)cc1. The van der Waals surface area contributed by atoms with Crippen LogP contribution in [-0.2, 0) is 6.42 Å².